The molecular weight excluding hydrogens is 278 g/mol. The van der Waals surface area contributed by atoms with Crippen LogP contribution in [0, 0.1) is 0 Å². The first kappa shape index (κ1) is 14.7. The van der Waals surface area contributed by atoms with Gasteiger partial charge in [0.05, 0.1) is 17.5 Å². The predicted molar refractivity (Wildman–Crippen MR) is 83.8 cm³/mol. The van der Waals surface area contributed by atoms with Gasteiger partial charge >= 0.3 is 0 Å². The van der Waals surface area contributed by atoms with E-state index in [2.05, 4.69) is 10.1 Å². The van der Waals surface area contributed by atoms with Gasteiger partial charge in [0.1, 0.15) is 0 Å². The second kappa shape index (κ2) is 6.27. The molecule has 6 nitrogen and oxygen atoms in total. The van der Waals surface area contributed by atoms with Crippen molar-refractivity contribution in [3.05, 3.63) is 41.9 Å². The molecule has 2 N–H and O–H groups in total. The summed E-state index contributed by atoms with van der Waals surface area (Å²) in [5.74, 6) is 0.753. The van der Waals surface area contributed by atoms with E-state index in [9.17, 15) is 4.79 Å². The highest BCUT2D eigenvalue weighted by Crippen LogP contribution is 2.18. The molecule has 1 atom stereocenters. The van der Waals surface area contributed by atoms with E-state index >= 15 is 0 Å². The maximum atomic E-state index is 12.8. The number of nitrogens with two attached hydrogens (primary N) is 1. The van der Waals surface area contributed by atoms with E-state index in [0.29, 0.717) is 12.1 Å². The summed E-state index contributed by atoms with van der Waals surface area (Å²) in [6.07, 6.45) is 6.04. The van der Waals surface area contributed by atoms with Crippen molar-refractivity contribution in [3.8, 4) is 5.82 Å². The molecule has 1 aliphatic rings. The molecule has 0 aliphatic carbocycles. The topological polar surface area (TPSA) is 77.0 Å². The van der Waals surface area contributed by atoms with Crippen molar-refractivity contribution < 1.29 is 4.79 Å². The highest BCUT2D eigenvalue weighted by atomic mass is 16.2. The van der Waals surface area contributed by atoms with Gasteiger partial charge in [0.25, 0.3) is 5.91 Å². The van der Waals surface area contributed by atoms with E-state index in [1.165, 1.54) is 0 Å². The molecule has 2 aromatic heterocycles. The van der Waals surface area contributed by atoms with Gasteiger partial charge in [-0.3, -0.25) is 4.79 Å². The lowest BCUT2D eigenvalue weighted by Crippen LogP contribution is -2.45. The van der Waals surface area contributed by atoms with E-state index in [-0.39, 0.29) is 11.9 Å². The average molecular weight is 299 g/mol. The van der Waals surface area contributed by atoms with E-state index in [0.717, 1.165) is 37.3 Å². The second-order valence-corrected chi connectivity index (χ2v) is 5.61. The van der Waals surface area contributed by atoms with Crippen LogP contribution >= 0.6 is 0 Å². The molecule has 0 saturated carbocycles. The number of hydrogen-bond acceptors (Lipinski definition) is 4. The third kappa shape index (κ3) is 2.74. The van der Waals surface area contributed by atoms with Gasteiger partial charge in [0, 0.05) is 25.3 Å². The third-order valence-corrected chi connectivity index (χ3v) is 4.05. The molecule has 0 unspecified atom stereocenters. The smallest absolute Gasteiger partial charge is 0.257 e. The van der Waals surface area contributed by atoms with Gasteiger partial charge in [0.2, 0.25) is 0 Å². The number of amides is 1. The minimum absolute atomic E-state index is 0.0224. The Balaban J connectivity index is 1.91. The van der Waals surface area contributed by atoms with Gasteiger partial charge in [-0.05, 0) is 31.4 Å². The number of carbonyl (C=O) groups is 1. The molecule has 22 heavy (non-hydrogen) atoms. The number of aromatic nitrogens is 3. The maximum absolute atomic E-state index is 12.8. The van der Waals surface area contributed by atoms with Crippen LogP contribution in [-0.2, 0) is 6.42 Å². The van der Waals surface area contributed by atoms with Gasteiger partial charge in [-0.2, -0.15) is 5.10 Å². The Hall–Kier alpha value is -2.21. The van der Waals surface area contributed by atoms with Gasteiger partial charge in [-0.15, -0.1) is 0 Å². The zero-order valence-corrected chi connectivity index (χ0v) is 12.8. The zero-order valence-electron chi connectivity index (χ0n) is 12.8. The van der Waals surface area contributed by atoms with Crippen LogP contribution in [0.25, 0.3) is 5.82 Å². The first-order valence-electron chi connectivity index (χ1n) is 7.74. The molecule has 0 aromatic carbocycles. The Kier molecular flexibility index (Phi) is 4.20. The molecule has 3 heterocycles. The second-order valence-electron chi connectivity index (χ2n) is 5.61. The van der Waals surface area contributed by atoms with Crippen LogP contribution in [0.15, 0.2) is 30.6 Å². The molecule has 3 rings (SSSR count). The number of likely N-dealkylation sites (tertiary alicyclic amines) is 1. The summed E-state index contributed by atoms with van der Waals surface area (Å²) in [5.41, 5.74) is 7.53. The van der Waals surface area contributed by atoms with Crippen molar-refractivity contribution in [1.82, 2.24) is 19.7 Å². The first-order chi connectivity index (χ1) is 10.7. The van der Waals surface area contributed by atoms with E-state index in [4.69, 9.17) is 5.73 Å². The normalized spacial score (nSPS) is 18.5. The largest absolute Gasteiger partial charge is 0.337 e. The third-order valence-electron chi connectivity index (χ3n) is 4.05. The van der Waals surface area contributed by atoms with Crippen LogP contribution in [0.5, 0.6) is 0 Å². The highest BCUT2D eigenvalue weighted by molar-refractivity contribution is 5.95. The summed E-state index contributed by atoms with van der Waals surface area (Å²) < 4.78 is 1.75. The molecule has 6 heteroatoms. The number of piperidine rings is 1. The zero-order chi connectivity index (χ0) is 15.5. The van der Waals surface area contributed by atoms with Crippen LogP contribution in [-0.4, -0.2) is 44.7 Å². The Morgan fingerprint density at radius 2 is 2.32 bits per heavy atom. The minimum atomic E-state index is 0.0224. The van der Waals surface area contributed by atoms with Gasteiger partial charge in [0.15, 0.2) is 5.82 Å². The molecule has 116 valence electrons. The van der Waals surface area contributed by atoms with Gasteiger partial charge < -0.3 is 10.6 Å². The van der Waals surface area contributed by atoms with Crippen molar-refractivity contribution in [1.29, 1.82) is 0 Å². The van der Waals surface area contributed by atoms with Gasteiger partial charge in [-0.25, -0.2) is 9.67 Å². The first-order valence-corrected chi connectivity index (χ1v) is 7.74. The van der Waals surface area contributed by atoms with Gasteiger partial charge in [-0.1, -0.05) is 13.0 Å². The summed E-state index contributed by atoms with van der Waals surface area (Å²) in [4.78, 5) is 18.9. The quantitative estimate of drug-likeness (QED) is 0.929. The summed E-state index contributed by atoms with van der Waals surface area (Å²) >= 11 is 0. The molecule has 0 spiro atoms. The Morgan fingerprint density at radius 3 is 3.00 bits per heavy atom. The lowest BCUT2D eigenvalue weighted by atomic mass is 10.1. The Bertz CT molecular complexity index is 652. The van der Waals surface area contributed by atoms with E-state index in [1.807, 2.05) is 30.0 Å². The van der Waals surface area contributed by atoms with Crippen LogP contribution in [0.2, 0.25) is 0 Å². The number of rotatable bonds is 3. The van der Waals surface area contributed by atoms with E-state index < -0.39 is 0 Å². The number of carbonyl (C=O) groups excluding carboxylic acids is 1. The van der Waals surface area contributed by atoms with E-state index in [1.54, 1.807) is 17.1 Å². The molecule has 1 amide bonds. The van der Waals surface area contributed by atoms with Crippen molar-refractivity contribution >= 4 is 5.91 Å². The summed E-state index contributed by atoms with van der Waals surface area (Å²) in [7, 11) is 0. The monoisotopic (exact) mass is 299 g/mol. The molecule has 0 bridgehead atoms. The molecular formula is C16H21N5O. The van der Waals surface area contributed by atoms with Crippen LogP contribution < -0.4 is 5.73 Å². The predicted octanol–water partition coefficient (Wildman–Crippen LogP) is 1.39. The molecule has 2 aromatic rings. The molecule has 1 saturated heterocycles. The number of pyridine rings is 1. The lowest BCUT2D eigenvalue weighted by molar-refractivity contribution is 0.0707. The summed E-state index contributed by atoms with van der Waals surface area (Å²) in [6.45, 7) is 3.41. The standard InChI is InChI=1S/C16H21N5O/c1-2-14-13(16(22)20-9-5-6-12(17)11-20)10-19-21(14)15-7-3-4-8-18-15/h3-4,7-8,10,12H,2,5-6,9,11,17H2,1H3/t12-/m0/s1. The van der Waals surface area contributed by atoms with Crippen molar-refractivity contribution in [3.63, 3.8) is 0 Å². The average Bonchev–Trinajstić information content (AvgIpc) is 2.98. The molecule has 1 aliphatic heterocycles. The summed E-state index contributed by atoms with van der Waals surface area (Å²) in [5, 5.41) is 4.37. The van der Waals surface area contributed by atoms with Crippen molar-refractivity contribution in [2.45, 2.75) is 32.2 Å². The van der Waals surface area contributed by atoms with Crippen LogP contribution in [0.3, 0.4) is 0 Å². The molecule has 1 fully saturated rings. The fourth-order valence-corrected chi connectivity index (χ4v) is 2.93. The maximum Gasteiger partial charge on any atom is 0.257 e. The SMILES string of the molecule is CCc1c(C(=O)N2CCC[C@H](N)C2)cnn1-c1ccccn1. The minimum Gasteiger partial charge on any atom is -0.337 e. The number of nitrogens with zero attached hydrogens (tertiary/aromatic N) is 4. The fourth-order valence-electron chi connectivity index (χ4n) is 2.93. The van der Waals surface area contributed by atoms with Crippen LogP contribution in [0.1, 0.15) is 35.8 Å². The van der Waals surface area contributed by atoms with Crippen molar-refractivity contribution in [2.24, 2.45) is 5.73 Å². The number of hydrogen-bond donors (Lipinski definition) is 1. The lowest BCUT2D eigenvalue weighted by Gasteiger charge is -2.30. The highest BCUT2D eigenvalue weighted by Gasteiger charge is 2.26. The summed E-state index contributed by atoms with van der Waals surface area (Å²) in [6, 6.07) is 5.74. The van der Waals surface area contributed by atoms with Crippen molar-refractivity contribution in [2.75, 3.05) is 13.1 Å². The fraction of sp³-hybridized carbons (Fsp3) is 0.438. The molecule has 0 radical (unpaired) electrons. The Morgan fingerprint density at radius 1 is 1.45 bits per heavy atom. The Labute approximate surface area is 129 Å². The van der Waals surface area contributed by atoms with Crippen LogP contribution in [0.4, 0.5) is 0 Å².